The molecule has 3 N–H and O–H groups in total. The minimum atomic E-state index is -0.0194. The maximum absolute atomic E-state index is 11.7. The van der Waals surface area contributed by atoms with Gasteiger partial charge in [-0.2, -0.15) is 11.8 Å². The molecule has 2 unspecified atom stereocenters. The SMILES string of the molecule is CC(C)(C)CC(N)CC(=O)NC1CCSC1. The Morgan fingerprint density at radius 2 is 2.25 bits per heavy atom. The molecule has 1 aliphatic heterocycles. The molecule has 0 saturated carbocycles. The van der Waals surface area contributed by atoms with Crippen molar-refractivity contribution in [3.8, 4) is 0 Å². The van der Waals surface area contributed by atoms with Gasteiger partial charge < -0.3 is 11.1 Å². The van der Waals surface area contributed by atoms with Crippen molar-refractivity contribution in [2.45, 2.75) is 52.1 Å². The fraction of sp³-hybridized carbons (Fsp3) is 0.917. The first-order valence-electron chi connectivity index (χ1n) is 5.99. The number of rotatable bonds is 4. The lowest BCUT2D eigenvalue weighted by molar-refractivity contribution is -0.122. The highest BCUT2D eigenvalue weighted by molar-refractivity contribution is 7.99. The molecular weight excluding hydrogens is 220 g/mol. The number of amides is 1. The van der Waals surface area contributed by atoms with Gasteiger partial charge in [-0.3, -0.25) is 4.79 Å². The molecule has 94 valence electrons. The first-order chi connectivity index (χ1) is 7.37. The molecule has 0 radical (unpaired) electrons. The minimum absolute atomic E-state index is 0.0194. The molecule has 4 heteroatoms. The summed E-state index contributed by atoms with van der Waals surface area (Å²) >= 11 is 1.91. The van der Waals surface area contributed by atoms with E-state index in [4.69, 9.17) is 5.73 Å². The van der Waals surface area contributed by atoms with Gasteiger partial charge in [0.05, 0.1) is 0 Å². The van der Waals surface area contributed by atoms with Crippen LogP contribution in [0.4, 0.5) is 0 Å². The van der Waals surface area contributed by atoms with Gasteiger partial charge in [0.1, 0.15) is 0 Å². The molecule has 1 heterocycles. The van der Waals surface area contributed by atoms with Gasteiger partial charge in [-0.1, -0.05) is 20.8 Å². The maximum atomic E-state index is 11.7. The Morgan fingerprint density at radius 3 is 2.75 bits per heavy atom. The van der Waals surface area contributed by atoms with Gasteiger partial charge >= 0.3 is 0 Å². The van der Waals surface area contributed by atoms with Crippen molar-refractivity contribution in [3.63, 3.8) is 0 Å². The average molecular weight is 244 g/mol. The normalized spacial score (nSPS) is 23.1. The second-order valence-electron chi connectivity index (χ2n) is 5.86. The van der Waals surface area contributed by atoms with Crippen LogP contribution < -0.4 is 11.1 Å². The van der Waals surface area contributed by atoms with Crippen LogP contribution >= 0.6 is 11.8 Å². The van der Waals surface area contributed by atoms with Crippen LogP contribution in [0.2, 0.25) is 0 Å². The topological polar surface area (TPSA) is 55.1 Å². The first-order valence-corrected chi connectivity index (χ1v) is 7.15. The molecule has 1 saturated heterocycles. The van der Waals surface area contributed by atoms with Crippen molar-refractivity contribution in [1.82, 2.24) is 5.32 Å². The monoisotopic (exact) mass is 244 g/mol. The van der Waals surface area contributed by atoms with E-state index in [1.165, 1.54) is 5.75 Å². The summed E-state index contributed by atoms with van der Waals surface area (Å²) < 4.78 is 0. The van der Waals surface area contributed by atoms with E-state index in [-0.39, 0.29) is 17.4 Å². The Balaban J connectivity index is 2.22. The minimum Gasteiger partial charge on any atom is -0.352 e. The highest BCUT2D eigenvalue weighted by Crippen LogP contribution is 2.21. The predicted molar refractivity (Wildman–Crippen MR) is 70.5 cm³/mol. The summed E-state index contributed by atoms with van der Waals surface area (Å²) in [6.07, 6.45) is 2.45. The van der Waals surface area contributed by atoms with Gasteiger partial charge in [0.15, 0.2) is 0 Å². The molecule has 0 aromatic rings. The number of carbonyl (C=O) groups excluding carboxylic acids is 1. The van der Waals surface area contributed by atoms with Gasteiger partial charge in [0, 0.05) is 24.3 Å². The molecule has 0 aromatic heterocycles. The standard InChI is InChI=1S/C12H24N2OS/c1-12(2,3)7-9(13)6-11(15)14-10-4-5-16-8-10/h9-10H,4-8,13H2,1-3H3,(H,14,15). The summed E-state index contributed by atoms with van der Waals surface area (Å²) in [5, 5.41) is 3.06. The van der Waals surface area contributed by atoms with Crippen LogP contribution in [-0.4, -0.2) is 29.5 Å². The molecule has 2 atom stereocenters. The summed E-state index contributed by atoms with van der Waals surface area (Å²) in [5.74, 6) is 2.34. The molecule has 1 amide bonds. The summed E-state index contributed by atoms with van der Waals surface area (Å²) in [4.78, 5) is 11.7. The average Bonchev–Trinajstić information content (AvgIpc) is 2.51. The quantitative estimate of drug-likeness (QED) is 0.792. The van der Waals surface area contributed by atoms with Crippen molar-refractivity contribution >= 4 is 17.7 Å². The van der Waals surface area contributed by atoms with E-state index >= 15 is 0 Å². The Bertz CT molecular complexity index is 232. The predicted octanol–water partition coefficient (Wildman–Crippen LogP) is 1.76. The molecule has 0 aromatic carbocycles. The molecular formula is C12H24N2OS. The number of hydrogen-bond acceptors (Lipinski definition) is 3. The summed E-state index contributed by atoms with van der Waals surface area (Å²) in [5.41, 5.74) is 6.17. The van der Waals surface area contributed by atoms with E-state index in [1.807, 2.05) is 11.8 Å². The molecule has 1 fully saturated rings. The van der Waals surface area contributed by atoms with Gasteiger partial charge in [-0.25, -0.2) is 0 Å². The number of thioether (sulfide) groups is 1. The molecule has 0 aliphatic carbocycles. The molecule has 0 bridgehead atoms. The number of hydrogen-bond donors (Lipinski definition) is 2. The van der Waals surface area contributed by atoms with Gasteiger partial charge in [0.25, 0.3) is 0 Å². The zero-order chi connectivity index (χ0) is 12.2. The summed E-state index contributed by atoms with van der Waals surface area (Å²) in [7, 11) is 0. The lowest BCUT2D eigenvalue weighted by Crippen LogP contribution is -2.39. The lowest BCUT2D eigenvalue weighted by atomic mass is 9.87. The van der Waals surface area contributed by atoms with Gasteiger partial charge in [-0.05, 0) is 24.0 Å². The number of nitrogens with one attached hydrogen (secondary N) is 1. The molecule has 16 heavy (non-hydrogen) atoms. The van der Waals surface area contributed by atoms with Crippen molar-refractivity contribution in [2.75, 3.05) is 11.5 Å². The van der Waals surface area contributed by atoms with Crippen LogP contribution in [0.15, 0.2) is 0 Å². The second-order valence-corrected chi connectivity index (χ2v) is 7.01. The van der Waals surface area contributed by atoms with E-state index < -0.39 is 0 Å². The second kappa shape index (κ2) is 5.92. The Morgan fingerprint density at radius 1 is 1.56 bits per heavy atom. The van der Waals surface area contributed by atoms with E-state index in [9.17, 15) is 4.79 Å². The van der Waals surface area contributed by atoms with Gasteiger partial charge in [-0.15, -0.1) is 0 Å². The molecule has 1 aliphatic rings. The summed E-state index contributed by atoms with van der Waals surface area (Å²) in [6.45, 7) is 6.45. The van der Waals surface area contributed by atoms with Crippen LogP contribution in [0.25, 0.3) is 0 Å². The van der Waals surface area contributed by atoms with Crippen LogP contribution in [0, 0.1) is 5.41 Å². The van der Waals surface area contributed by atoms with E-state index in [0.29, 0.717) is 12.5 Å². The molecule has 3 nitrogen and oxygen atoms in total. The van der Waals surface area contributed by atoms with Crippen LogP contribution in [0.3, 0.4) is 0 Å². The third-order valence-corrected chi connectivity index (χ3v) is 3.78. The Hall–Kier alpha value is -0.220. The lowest BCUT2D eigenvalue weighted by Gasteiger charge is -2.23. The Labute approximate surface area is 103 Å². The van der Waals surface area contributed by atoms with Crippen molar-refractivity contribution in [1.29, 1.82) is 0 Å². The number of carbonyl (C=O) groups is 1. The first kappa shape index (κ1) is 13.8. The van der Waals surface area contributed by atoms with Crippen molar-refractivity contribution < 1.29 is 4.79 Å². The molecule has 1 rings (SSSR count). The van der Waals surface area contributed by atoms with Crippen LogP contribution in [0.1, 0.15) is 40.0 Å². The van der Waals surface area contributed by atoms with Gasteiger partial charge in [0.2, 0.25) is 5.91 Å². The summed E-state index contributed by atoms with van der Waals surface area (Å²) in [6, 6.07) is 0.355. The van der Waals surface area contributed by atoms with Crippen molar-refractivity contribution in [2.24, 2.45) is 11.1 Å². The maximum Gasteiger partial charge on any atom is 0.221 e. The smallest absolute Gasteiger partial charge is 0.221 e. The van der Waals surface area contributed by atoms with E-state index in [2.05, 4.69) is 26.1 Å². The largest absolute Gasteiger partial charge is 0.352 e. The fourth-order valence-corrected chi connectivity index (χ4v) is 3.18. The van der Waals surface area contributed by atoms with E-state index in [0.717, 1.165) is 18.6 Å². The zero-order valence-corrected chi connectivity index (χ0v) is 11.4. The molecule has 0 spiro atoms. The Kier molecular flexibility index (Phi) is 5.12. The highest BCUT2D eigenvalue weighted by atomic mass is 32.2. The van der Waals surface area contributed by atoms with Crippen LogP contribution in [0.5, 0.6) is 0 Å². The highest BCUT2D eigenvalue weighted by Gasteiger charge is 2.21. The zero-order valence-electron chi connectivity index (χ0n) is 10.6. The van der Waals surface area contributed by atoms with Crippen molar-refractivity contribution in [3.05, 3.63) is 0 Å². The fourth-order valence-electron chi connectivity index (χ4n) is 2.03. The van der Waals surface area contributed by atoms with E-state index in [1.54, 1.807) is 0 Å². The third kappa shape index (κ3) is 5.75. The number of nitrogens with two attached hydrogens (primary N) is 1. The third-order valence-electron chi connectivity index (χ3n) is 2.62. The van der Waals surface area contributed by atoms with Crippen LogP contribution in [-0.2, 0) is 4.79 Å².